The number of thioether (sulfide) groups is 1. The van der Waals surface area contributed by atoms with Gasteiger partial charge in [-0.2, -0.15) is 0 Å². The van der Waals surface area contributed by atoms with E-state index >= 15 is 0 Å². The zero-order valence-corrected chi connectivity index (χ0v) is 17.0. The van der Waals surface area contributed by atoms with E-state index in [1.165, 1.54) is 17.3 Å². The van der Waals surface area contributed by atoms with Gasteiger partial charge in [-0.05, 0) is 53.6 Å². The van der Waals surface area contributed by atoms with Gasteiger partial charge in [0.25, 0.3) is 5.91 Å². The van der Waals surface area contributed by atoms with Crippen LogP contribution in [0.4, 0.5) is 5.69 Å². The standard InChI is InChI=1S/C21H16BrN3OS/c1-2-13-5-7-14(8-6-13)12-18-20(26)25-21(27-18)24-17-10-9-16(22)15-4-3-11-23-19(15)17/h3-12H,2H2,1H3,(H,24,25,26)/b18-12-. The van der Waals surface area contributed by atoms with Gasteiger partial charge in [-0.25, -0.2) is 4.99 Å². The number of hydrogen-bond donors (Lipinski definition) is 1. The highest BCUT2D eigenvalue weighted by Gasteiger charge is 2.24. The van der Waals surface area contributed by atoms with Crippen molar-refractivity contribution in [3.63, 3.8) is 0 Å². The lowest BCUT2D eigenvalue weighted by molar-refractivity contribution is -0.115. The summed E-state index contributed by atoms with van der Waals surface area (Å²) in [7, 11) is 0. The molecule has 6 heteroatoms. The molecule has 1 N–H and O–H groups in total. The number of pyridine rings is 1. The summed E-state index contributed by atoms with van der Waals surface area (Å²) in [6.45, 7) is 2.12. The average molecular weight is 438 g/mol. The number of benzene rings is 2. The summed E-state index contributed by atoms with van der Waals surface area (Å²) < 4.78 is 0.966. The number of rotatable bonds is 3. The molecular weight excluding hydrogens is 422 g/mol. The number of amidine groups is 1. The molecule has 134 valence electrons. The number of aliphatic imine (C=N–C) groups is 1. The lowest BCUT2D eigenvalue weighted by atomic mass is 10.1. The van der Waals surface area contributed by atoms with Crippen molar-refractivity contribution in [2.75, 3.05) is 0 Å². The van der Waals surface area contributed by atoms with Crippen LogP contribution in [0.5, 0.6) is 0 Å². The summed E-state index contributed by atoms with van der Waals surface area (Å²) in [6, 6.07) is 15.9. The first kappa shape index (κ1) is 17.9. The van der Waals surface area contributed by atoms with E-state index in [9.17, 15) is 4.79 Å². The quantitative estimate of drug-likeness (QED) is 0.554. The molecule has 1 amide bonds. The normalized spacial score (nSPS) is 17.0. The number of hydrogen-bond acceptors (Lipinski definition) is 4. The molecule has 3 aromatic rings. The Morgan fingerprint density at radius 1 is 1.19 bits per heavy atom. The Hall–Kier alpha value is -2.44. The van der Waals surface area contributed by atoms with Gasteiger partial charge >= 0.3 is 0 Å². The molecule has 1 saturated heterocycles. The third-order valence-corrected chi connectivity index (χ3v) is 5.86. The fraction of sp³-hybridized carbons (Fsp3) is 0.0952. The number of nitrogens with one attached hydrogen (secondary N) is 1. The summed E-state index contributed by atoms with van der Waals surface area (Å²) in [6.07, 6.45) is 4.63. The van der Waals surface area contributed by atoms with E-state index in [1.54, 1.807) is 6.20 Å². The fourth-order valence-electron chi connectivity index (χ4n) is 2.80. The summed E-state index contributed by atoms with van der Waals surface area (Å²) in [5.74, 6) is -0.132. The second-order valence-electron chi connectivity index (χ2n) is 6.04. The third-order valence-electron chi connectivity index (χ3n) is 4.25. The highest BCUT2D eigenvalue weighted by Crippen LogP contribution is 2.33. The van der Waals surface area contributed by atoms with Crippen molar-refractivity contribution in [1.82, 2.24) is 10.3 Å². The van der Waals surface area contributed by atoms with Crippen molar-refractivity contribution in [2.24, 2.45) is 4.99 Å². The maximum atomic E-state index is 12.3. The number of nitrogens with zero attached hydrogens (tertiary/aromatic N) is 2. The van der Waals surface area contributed by atoms with E-state index < -0.39 is 0 Å². The summed E-state index contributed by atoms with van der Waals surface area (Å²) in [4.78, 5) is 22.0. The van der Waals surface area contributed by atoms with Crippen molar-refractivity contribution in [1.29, 1.82) is 0 Å². The largest absolute Gasteiger partial charge is 0.300 e. The second kappa shape index (κ2) is 7.66. The molecule has 0 bridgehead atoms. The van der Waals surface area contributed by atoms with Gasteiger partial charge < -0.3 is 5.32 Å². The lowest BCUT2D eigenvalue weighted by Gasteiger charge is -2.03. The van der Waals surface area contributed by atoms with Gasteiger partial charge in [0, 0.05) is 16.1 Å². The average Bonchev–Trinajstić information content (AvgIpc) is 3.04. The zero-order chi connectivity index (χ0) is 18.8. The van der Waals surface area contributed by atoms with Gasteiger partial charge in [-0.15, -0.1) is 0 Å². The van der Waals surface area contributed by atoms with Crippen molar-refractivity contribution in [3.8, 4) is 0 Å². The first-order chi connectivity index (χ1) is 13.1. The first-order valence-corrected chi connectivity index (χ1v) is 10.2. The molecule has 1 aromatic heterocycles. The highest BCUT2D eigenvalue weighted by atomic mass is 79.9. The van der Waals surface area contributed by atoms with E-state index in [1.807, 2.05) is 42.5 Å². The van der Waals surface area contributed by atoms with Crippen LogP contribution in [0.3, 0.4) is 0 Å². The Kier molecular flexibility index (Phi) is 5.09. The predicted octanol–water partition coefficient (Wildman–Crippen LogP) is 5.45. The van der Waals surface area contributed by atoms with Crippen molar-refractivity contribution < 1.29 is 4.79 Å². The maximum absolute atomic E-state index is 12.3. The molecule has 0 saturated carbocycles. The summed E-state index contributed by atoms with van der Waals surface area (Å²) >= 11 is 4.88. The topological polar surface area (TPSA) is 54.4 Å². The molecule has 2 heterocycles. The Labute approximate surface area is 169 Å². The van der Waals surface area contributed by atoms with Gasteiger partial charge in [0.1, 0.15) is 0 Å². The zero-order valence-electron chi connectivity index (χ0n) is 14.6. The molecule has 2 aromatic carbocycles. The molecule has 0 aliphatic carbocycles. The minimum Gasteiger partial charge on any atom is -0.300 e. The van der Waals surface area contributed by atoms with E-state index in [0.29, 0.717) is 10.1 Å². The van der Waals surface area contributed by atoms with Crippen molar-refractivity contribution in [3.05, 3.63) is 75.2 Å². The Morgan fingerprint density at radius 2 is 2.00 bits per heavy atom. The molecule has 1 fully saturated rings. The first-order valence-electron chi connectivity index (χ1n) is 8.56. The number of carbonyl (C=O) groups is 1. The SMILES string of the molecule is CCc1ccc(/C=C2\SC(=Nc3ccc(Br)c4cccnc34)NC2=O)cc1. The minimum absolute atomic E-state index is 0.132. The fourth-order valence-corrected chi connectivity index (χ4v) is 4.09. The van der Waals surface area contributed by atoms with Crippen molar-refractivity contribution >= 4 is 61.4 Å². The van der Waals surface area contributed by atoms with E-state index in [0.717, 1.165) is 33.0 Å². The molecule has 0 atom stereocenters. The molecule has 1 aliphatic heterocycles. The van der Waals surface area contributed by atoms with Crippen LogP contribution >= 0.6 is 27.7 Å². The number of aromatic nitrogens is 1. The number of amides is 1. The molecular formula is C21H16BrN3OS. The Balaban J connectivity index is 1.64. The molecule has 27 heavy (non-hydrogen) atoms. The minimum atomic E-state index is -0.132. The van der Waals surface area contributed by atoms with Crippen LogP contribution in [0, 0.1) is 0 Å². The molecule has 0 spiro atoms. The van der Waals surface area contributed by atoms with Crippen LogP contribution in [-0.2, 0) is 11.2 Å². The van der Waals surface area contributed by atoms with Crippen LogP contribution in [0.1, 0.15) is 18.1 Å². The van der Waals surface area contributed by atoms with Crippen LogP contribution in [0.15, 0.2) is 69.1 Å². The van der Waals surface area contributed by atoms with E-state index in [2.05, 4.69) is 50.3 Å². The van der Waals surface area contributed by atoms with Crippen LogP contribution < -0.4 is 5.32 Å². The van der Waals surface area contributed by atoms with E-state index in [4.69, 9.17) is 0 Å². The molecule has 0 unspecified atom stereocenters. The van der Waals surface area contributed by atoms with Crippen LogP contribution in [-0.4, -0.2) is 16.1 Å². The number of carbonyl (C=O) groups excluding carboxylic acids is 1. The van der Waals surface area contributed by atoms with Crippen molar-refractivity contribution in [2.45, 2.75) is 13.3 Å². The Morgan fingerprint density at radius 3 is 2.78 bits per heavy atom. The molecule has 1 aliphatic rings. The van der Waals surface area contributed by atoms with Gasteiger partial charge in [-0.3, -0.25) is 9.78 Å². The monoisotopic (exact) mass is 437 g/mol. The van der Waals surface area contributed by atoms with Crippen LogP contribution in [0.25, 0.3) is 17.0 Å². The highest BCUT2D eigenvalue weighted by molar-refractivity contribution is 9.10. The van der Waals surface area contributed by atoms with Gasteiger partial charge in [0.2, 0.25) is 0 Å². The number of fused-ring (bicyclic) bond motifs is 1. The maximum Gasteiger partial charge on any atom is 0.264 e. The third kappa shape index (κ3) is 3.82. The summed E-state index contributed by atoms with van der Waals surface area (Å²) in [5, 5.41) is 4.39. The van der Waals surface area contributed by atoms with Gasteiger partial charge in [-0.1, -0.05) is 53.2 Å². The number of halogens is 1. The predicted molar refractivity (Wildman–Crippen MR) is 116 cm³/mol. The molecule has 4 nitrogen and oxygen atoms in total. The smallest absolute Gasteiger partial charge is 0.264 e. The molecule has 0 radical (unpaired) electrons. The second-order valence-corrected chi connectivity index (χ2v) is 7.93. The Bertz CT molecular complexity index is 1090. The van der Waals surface area contributed by atoms with Gasteiger partial charge in [0.05, 0.1) is 16.1 Å². The van der Waals surface area contributed by atoms with Crippen LogP contribution in [0.2, 0.25) is 0 Å². The van der Waals surface area contributed by atoms with E-state index in [-0.39, 0.29) is 5.91 Å². The lowest BCUT2D eigenvalue weighted by Crippen LogP contribution is -2.19. The summed E-state index contributed by atoms with van der Waals surface area (Å²) in [5.41, 5.74) is 3.80. The molecule has 4 rings (SSSR count). The van der Waals surface area contributed by atoms with Gasteiger partial charge in [0.15, 0.2) is 5.17 Å². The number of aryl methyl sites for hydroxylation is 1.